The summed E-state index contributed by atoms with van der Waals surface area (Å²) in [4.78, 5) is 16.5. The summed E-state index contributed by atoms with van der Waals surface area (Å²) in [6.07, 6.45) is 0. The number of methoxy groups -OCH3 is 1. The molecule has 0 N–H and O–H groups in total. The second-order valence-corrected chi connectivity index (χ2v) is 4.78. The van der Waals surface area contributed by atoms with Crippen molar-refractivity contribution in [3.05, 3.63) is 71.9 Å². The zero-order valence-electron chi connectivity index (χ0n) is 12.2. The molecule has 0 fully saturated rings. The number of esters is 1. The van der Waals surface area contributed by atoms with E-state index in [1.165, 1.54) is 0 Å². The van der Waals surface area contributed by atoms with Crippen LogP contribution in [0.15, 0.2) is 60.7 Å². The van der Waals surface area contributed by atoms with Gasteiger partial charge >= 0.3 is 5.97 Å². The van der Waals surface area contributed by atoms with Gasteiger partial charge in [0.25, 0.3) is 0 Å². The largest absolute Gasteiger partial charge is 0.496 e. The summed E-state index contributed by atoms with van der Waals surface area (Å²) in [5.41, 5.74) is 1.89. The third-order valence-electron chi connectivity index (χ3n) is 3.36. The molecule has 0 aliphatic rings. The normalized spacial score (nSPS) is 10.4. The van der Waals surface area contributed by atoms with Gasteiger partial charge < -0.3 is 9.47 Å². The molecule has 0 saturated heterocycles. The van der Waals surface area contributed by atoms with E-state index in [9.17, 15) is 4.79 Å². The monoisotopic (exact) mass is 293 g/mol. The number of rotatable bonds is 4. The van der Waals surface area contributed by atoms with Crippen molar-refractivity contribution >= 4 is 16.9 Å². The van der Waals surface area contributed by atoms with Crippen molar-refractivity contribution in [1.82, 2.24) is 4.98 Å². The molecular formula is C18H15NO3. The fraction of sp³-hybridized carbons (Fsp3) is 0.111. The van der Waals surface area contributed by atoms with Gasteiger partial charge in [-0.1, -0.05) is 42.5 Å². The zero-order valence-corrected chi connectivity index (χ0v) is 12.2. The number of para-hydroxylation sites is 2. The Balaban J connectivity index is 1.75. The van der Waals surface area contributed by atoms with Crippen molar-refractivity contribution in [2.75, 3.05) is 7.11 Å². The maximum atomic E-state index is 12.1. The van der Waals surface area contributed by atoms with Gasteiger partial charge in [0.15, 0.2) is 0 Å². The van der Waals surface area contributed by atoms with Gasteiger partial charge in [-0.2, -0.15) is 0 Å². The minimum atomic E-state index is -0.448. The number of carbonyl (C=O) groups excluding carboxylic acids is 1. The second-order valence-electron chi connectivity index (χ2n) is 4.78. The summed E-state index contributed by atoms with van der Waals surface area (Å²) >= 11 is 0. The number of fused-ring (bicyclic) bond motifs is 1. The van der Waals surface area contributed by atoms with E-state index in [0.29, 0.717) is 11.4 Å². The van der Waals surface area contributed by atoms with Gasteiger partial charge in [0.05, 0.1) is 12.6 Å². The highest BCUT2D eigenvalue weighted by Crippen LogP contribution is 2.19. The number of ether oxygens (including phenoxy) is 2. The van der Waals surface area contributed by atoms with Gasteiger partial charge in [0.1, 0.15) is 18.1 Å². The summed E-state index contributed by atoms with van der Waals surface area (Å²) in [6, 6.07) is 18.6. The van der Waals surface area contributed by atoms with Crippen LogP contribution in [0.2, 0.25) is 0 Å². The molecule has 0 unspecified atom stereocenters. The molecule has 1 heterocycles. The third kappa shape index (κ3) is 2.91. The molecule has 4 heteroatoms. The van der Waals surface area contributed by atoms with Gasteiger partial charge in [0.2, 0.25) is 0 Å². The summed E-state index contributed by atoms with van der Waals surface area (Å²) < 4.78 is 10.6. The maximum Gasteiger partial charge on any atom is 0.357 e. The average molecular weight is 293 g/mol. The lowest BCUT2D eigenvalue weighted by Crippen LogP contribution is -2.08. The number of benzene rings is 2. The lowest BCUT2D eigenvalue weighted by atomic mass is 10.2. The first kappa shape index (κ1) is 14.1. The van der Waals surface area contributed by atoms with Crippen LogP contribution >= 0.6 is 0 Å². The van der Waals surface area contributed by atoms with E-state index in [4.69, 9.17) is 9.47 Å². The Kier molecular flexibility index (Phi) is 4.01. The Hall–Kier alpha value is -2.88. The molecular weight excluding hydrogens is 278 g/mol. The number of nitrogens with zero attached hydrogens (tertiary/aromatic N) is 1. The van der Waals surface area contributed by atoms with Crippen molar-refractivity contribution in [1.29, 1.82) is 0 Å². The number of carbonyl (C=O) groups is 1. The van der Waals surface area contributed by atoms with Gasteiger partial charge in [0, 0.05) is 10.9 Å². The van der Waals surface area contributed by atoms with Crippen molar-refractivity contribution in [2.45, 2.75) is 6.61 Å². The van der Waals surface area contributed by atoms with E-state index in [-0.39, 0.29) is 6.61 Å². The molecule has 0 bridgehead atoms. The molecule has 2 aromatic carbocycles. The molecule has 4 nitrogen and oxygen atoms in total. The first-order chi connectivity index (χ1) is 10.8. The van der Waals surface area contributed by atoms with E-state index in [1.807, 2.05) is 54.6 Å². The van der Waals surface area contributed by atoms with Crippen LogP contribution in [-0.4, -0.2) is 18.1 Å². The molecule has 0 radical (unpaired) electrons. The highest BCUT2D eigenvalue weighted by molar-refractivity contribution is 5.91. The summed E-state index contributed by atoms with van der Waals surface area (Å²) in [7, 11) is 1.59. The van der Waals surface area contributed by atoms with E-state index < -0.39 is 5.97 Å². The first-order valence-corrected chi connectivity index (χ1v) is 6.93. The molecule has 0 aliphatic carbocycles. The maximum absolute atomic E-state index is 12.1. The Morgan fingerprint density at radius 3 is 2.64 bits per heavy atom. The molecule has 0 spiro atoms. The van der Waals surface area contributed by atoms with Crippen molar-refractivity contribution in [3.63, 3.8) is 0 Å². The lowest BCUT2D eigenvalue weighted by molar-refractivity contribution is 0.0463. The number of pyridine rings is 1. The predicted octanol–water partition coefficient (Wildman–Crippen LogP) is 3.60. The highest BCUT2D eigenvalue weighted by Gasteiger charge is 2.11. The highest BCUT2D eigenvalue weighted by atomic mass is 16.5. The van der Waals surface area contributed by atoms with Gasteiger partial charge in [-0.25, -0.2) is 9.78 Å². The predicted molar refractivity (Wildman–Crippen MR) is 83.9 cm³/mol. The second kappa shape index (κ2) is 6.26. The molecule has 1 aromatic heterocycles. The average Bonchev–Trinajstić information content (AvgIpc) is 2.59. The molecule has 3 rings (SSSR count). The number of aromatic nitrogens is 1. The molecule has 0 amide bonds. The van der Waals surface area contributed by atoms with Crippen molar-refractivity contribution in [2.24, 2.45) is 0 Å². The quantitative estimate of drug-likeness (QED) is 0.690. The van der Waals surface area contributed by atoms with Gasteiger partial charge in [-0.3, -0.25) is 0 Å². The van der Waals surface area contributed by atoms with Crippen LogP contribution in [0, 0.1) is 0 Å². The molecule has 3 aromatic rings. The summed E-state index contributed by atoms with van der Waals surface area (Å²) in [5, 5.41) is 0.990. The van der Waals surface area contributed by atoms with Gasteiger partial charge in [-0.05, 0) is 18.2 Å². The molecule has 0 aliphatic heterocycles. The topological polar surface area (TPSA) is 48.4 Å². The summed E-state index contributed by atoms with van der Waals surface area (Å²) in [5.74, 6) is 0.249. The Bertz CT molecular complexity index is 814. The minimum absolute atomic E-state index is 0.150. The van der Waals surface area contributed by atoms with Crippen LogP contribution < -0.4 is 4.74 Å². The van der Waals surface area contributed by atoms with Crippen LogP contribution in [0.25, 0.3) is 10.9 Å². The smallest absolute Gasteiger partial charge is 0.357 e. The molecule has 0 saturated carbocycles. The van der Waals surface area contributed by atoms with Crippen LogP contribution in [0.5, 0.6) is 5.75 Å². The van der Waals surface area contributed by atoms with Crippen LogP contribution in [-0.2, 0) is 11.3 Å². The SMILES string of the molecule is COc1ccccc1COC(=O)c1ccc2ccccc2n1. The molecule has 22 heavy (non-hydrogen) atoms. The van der Waals surface area contributed by atoms with E-state index in [0.717, 1.165) is 16.5 Å². The fourth-order valence-electron chi connectivity index (χ4n) is 2.22. The Morgan fingerprint density at radius 2 is 1.77 bits per heavy atom. The zero-order chi connectivity index (χ0) is 15.4. The standard InChI is InChI=1S/C18H15NO3/c1-21-17-9-5-3-7-14(17)12-22-18(20)16-11-10-13-6-2-4-8-15(13)19-16/h2-11H,12H2,1H3. The van der Waals surface area contributed by atoms with Gasteiger partial charge in [-0.15, -0.1) is 0 Å². The van der Waals surface area contributed by atoms with Crippen LogP contribution in [0.1, 0.15) is 16.1 Å². The number of hydrogen-bond acceptors (Lipinski definition) is 4. The molecule has 110 valence electrons. The van der Waals surface area contributed by atoms with Crippen LogP contribution in [0.3, 0.4) is 0 Å². The Morgan fingerprint density at radius 1 is 1.00 bits per heavy atom. The third-order valence-corrected chi connectivity index (χ3v) is 3.36. The van der Waals surface area contributed by atoms with E-state index >= 15 is 0 Å². The minimum Gasteiger partial charge on any atom is -0.496 e. The summed E-state index contributed by atoms with van der Waals surface area (Å²) in [6.45, 7) is 0.150. The fourth-order valence-corrected chi connectivity index (χ4v) is 2.22. The van der Waals surface area contributed by atoms with E-state index in [1.54, 1.807) is 13.2 Å². The van der Waals surface area contributed by atoms with Crippen molar-refractivity contribution in [3.8, 4) is 5.75 Å². The number of hydrogen-bond donors (Lipinski definition) is 0. The van der Waals surface area contributed by atoms with Crippen molar-refractivity contribution < 1.29 is 14.3 Å². The lowest BCUT2D eigenvalue weighted by Gasteiger charge is -2.09. The van der Waals surface area contributed by atoms with E-state index in [2.05, 4.69) is 4.98 Å². The molecule has 0 atom stereocenters. The van der Waals surface area contributed by atoms with Crippen LogP contribution in [0.4, 0.5) is 0 Å². The first-order valence-electron chi connectivity index (χ1n) is 6.93. The Labute approximate surface area is 128 Å².